The molecular formula is C24H39N5O6. The molecule has 4 atom stereocenters. The lowest BCUT2D eigenvalue weighted by Crippen LogP contribution is -2.58. The van der Waals surface area contributed by atoms with Gasteiger partial charge in [0.25, 0.3) is 0 Å². The topological polar surface area (TPSA) is 197 Å². The Morgan fingerprint density at radius 1 is 0.886 bits per heavy atom. The third-order valence-corrected chi connectivity index (χ3v) is 5.35. The van der Waals surface area contributed by atoms with E-state index >= 15 is 0 Å². The van der Waals surface area contributed by atoms with Crippen LogP contribution in [0.25, 0.3) is 0 Å². The van der Waals surface area contributed by atoms with Crippen LogP contribution in [0.4, 0.5) is 0 Å². The molecule has 0 aliphatic carbocycles. The van der Waals surface area contributed by atoms with Crippen molar-refractivity contribution in [3.63, 3.8) is 0 Å². The van der Waals surface area contributed by atoms with Crippen LogP contribution in [0, 0.1) is 5.92 Å². The Balaban J connectivity index is 2.83. The van der Waals surface area contributed by atoms with Crippen LogP contribution in [0.2, 0.25) is 0 Å². The standard InChI is InChI=1S/C24H39N5O6/c1-15(2)12-19(24(34)35)28-22(32)18(10-6-7-11-25)27-23(33)20(14-30)29-21(31)17(26)13-16-8-4-3-5-9-16/h3-5,8-9,15,17-20,30H,6-7,10-14,25-26H2,1-2H3,(H,27,33)(H,28,32)(H,29,31)(H,34,35). The molecule has 9 N–H and O–H groups in total. The summed E-state index contributed by atoms with van der Waals surface area (Å²) < 4.78 is 0. The molecule has 1 aromatic carbocycles. The zero-order valence-corrected chi connectivity index (χ0v) is 20.4. The van der Waals surface area contributed by atoms with Crippen molar-refractivity contribution in [3.8, 4) is 0 Å². The van der Waals surface area contributed by atoms with Crippen LogP contribution in [0.5, 0.6) is 0 Å². The van der Waals surface area contributed by atoms with Gasteiger partial charge in [0.05, 0.1) is 12.6 Å². The number of nitrogens with one attached hydrogen (secondary N) is 3. The van der Waals surface area contributed by atoms with Crippen LogP contribution < -0.4 is 27.4 Å². The zero-order chi connectivity index (χ0) is 26.4. The number of carbonyl (C=O) groups is 4. The first-order valence-electron chi connectivity index (χ1n) is 11.8. The van der Waals surface area contributed by atoms with Crippen LogP contribution in [0.15, 0.2) is 30.3 Å². The Morgan fingerprint density at radius 2 is 1.46 bits per heavy atom. The summed E-state index contributed by atoms with van der Waals surface area (Å²) in [4.78, 5) is 49.6. The Kier molecular flexibility index (Phi) is 13.5. The van der Waals surface area contributed by atoms with E-state index in [2.05, 4.69) is 16.0 Å². The lowest BCUT2D eigenvalue weighted by atomic mass is 10.0. The molecule has 196 valence electrons. The summed E-state index contributed by atoms with van der Waals surface area (Å²) in [5, 5.41) is 26.5. The number of nitrogens with two attached hydrogens (primary N) is 2. The first-order valence-corrected chi connectivity index (χ1v) is 11.8. The maximum atomic E-state index is 12.8. The van der Waals surface area contributed by atoms with E-state index in [1.807, 2.05) is 44.2 Å². The van der Waals surface area contributed by atoms with Gasteiger partial charge in [-0.15, -0.1) is 0 Å². The molecule has 35 heavy (non-hydrogen) atoms. The van der Waals surface area contributed by atoms with Gasteiger partial charge in [0.1, 0.15) is 18.1 Å². The number of carbonyl (C=O) groups excluding carboxylic acids is 3. The van der Waals surface area contributed by atoms with Crippen LogP contribution in [-0.2, 0) is 25.6 Å². The number of hydrogen-bond acceptors (Lipinski definition) is 7. The second-order valence-corrected chi connectivity index (χ2v) is 8.91. The van der Waals surface area contributed by atoms with E-state index in [4.69, 9.17) is 11.5 Å². The highest BCUT2D eigenvalue weighted by Gasteiger charge is 2.30. The van der Waals surface area contributed by atoms with Crippen molar-refractivity contribution in [3.05, 3.63) is 35.9 Å². The molecule has 0 saturated carbocycles. The van der Waals surface area contributed by atoms with E-state index in [1.165, 1.54) is 0 Å². The fraction of sp³-hybridized carbons (Fsp3) is 0.583. The lowest BCUT2D eigenvalue weighted by molar-refractivity contribution is -0.143. The largest absolute Gasteiger partial charge is 0.480 e. The van der Waals surface area contributed by atoms with Crippen molar-refractivity contribution < 1.29 is 29.4 Å². The highest BCUT2D eigenvalue weighted by atomic mass is 16.4. The Labute approximate surface area is 206 Å². The van der Waals surface area contributed by atoms with Gasteiger partial charge in [0, 0.05) is 0 Å². The number of aliphatic hydroxyl groups is 1. The van der Waals surface area contributed by atoms with Gasteiger partial charge < -0.3 is 37.6 Å². The molecule has 1 rings (SSSR count). The van der Waals surface area contributed by atoms with E-state index in [0.29, 0.717) is 19.4 Å². The molecule has 1 aromatic rings. The van der Waals surface area contributed by atoms with E-state index in [1.54, 1.807) is 0 Å². The Morgan fingerprint density at radius 3 is 2.00 bits per heavy atom. The first kappa shape index (κ1) is 30.0. The maximum Gasteiger partial charge on any atom is 0.326 e. The van der Waals surface area contributed by atoms with Gasteiger partial charge >= 0.3 is 5.97 Å². The van der Waals surface area contributed by atoms with Crippen molar-refractivity contribution in [1.82, 2.24) is 16.0 Å². The number of amides is 3. The first-order chi connectivity index (χ1) is 16.6. The number of rotatable bonds is 16. The van der Waals surface area contributed by atoms with Crippen molar-refractivity contribution in [2.24, 2.45) is 17.4 Å². The molecule has 0 fully saturated rings. The lowest BCUT2D eigenvalue weighted by Gasteiger charge is -2.25. The van der Waals surface area contributed by atoms with E-state index < -0.39 is 54.5 Å². The van der Waals surface area contributed by atoms with Crippen LogP contribution in [0.3, 0.4) is 0 Å². The number of carboxylic acids is 1. The highest BCUT2D eigenvalue weighted by Crippen LogP contribution is 2.08. The van der Waals surface area contributed by atoms with Gasteiger partial charge in [-0.25, -0.2) is 4.79 Å². The Bertz CT molecular complexity index is 820. The van der Waals surface area contributed by atoms with Crippen LogP contribution in [-0.4, -0.2) is 71.2 Å². The van der Waals surface area contributed by atoms with Gasteiger partial charge in [-0.05, 0) is 50.1 Å². The number of aliphatic hydroxyl groups excluding tert-OH is 1. The molecule has 0 radical (unpaired) electrons. The minimum Gasteiger partial charge on any atom is -0.480 e. The second kappa shape index (κ2) is 15.8. The number of hydrogen-bond donors (Lipinski definition) is 7. The normalized spacial score (nSPS) is 14.5. The van der Waals surface area contributed by atoms with Crippen molar-refractivity contribution in [2.45, 2.75) is 70.1 Å². The number of carboxylic acid groups (broad SMARTS) is 1. The highest BCUT2D eigenvalue weighted by molar-refractivity contribution is 5.94. The molecule has 0 spiro atoms. The van der Waals surface area contributed by atoms with Gasteiger partial charge in [0.2, 0.25) is 17.7 Å². The molecule has 0 saturated heterocycles. The zero-order valence-electron chi connectivity index (χ0n) is 20.4. The smallest absolute Gasteiger partial charge is 0.326 e. The molecule has 0 aliphatic heterocycles. The maximum absolute atomic E-state index is 12.8. The summed E-state index contributed by atoms with van der Waals surface area (Å²) >= 11 is 0. The Hall–Kier alpha value is -3.02. The molecule has 0 aliphatic rings. The summed E-state index contributed by atoms with van der Waals surface area (Å²) in [5.74, 6) is -3.22. The number of aliphatic carboxylic acids is 1. The molecule has 11 nitrogen and oxygen atoms in total. The average Bonchev–Trinajstić information content (AvgIpc) is 2.81. The third-order valence-electron chi connectivity index (χ3n) is 5.35. The minimum atomic E-state index is -1.33. The van der Waals surface area contributed by atoms with Crippen molar-refractivity contribution in [1.29, 1.82) is 0 Å². The molecule has 0 heterocycles. The average molecular weight is 494 g/mol. The fourth-order valence-corrected chi connectivity index (χ4v) is 3.43. The monoisotopic (exact) mass is 493 g/mol. The van der Waals surface area contributed by atoms with Crippen LogP contribution >= 0.6 is 0 Å². The molecule has 11 heteroatoms. The summed E-state index contributed by atoms with van der Waals surface area (Å²) in [6.45, 7) is 3.35. The van der Waals surface area contributed by atoms with Crippen LogP contribution in [0.1, 0.15) is 45.1 Å². The van der Waals surface area contributed by atoms with Gasteiger partial charge in [-0.1, -0.05) is 44.2 Å². The number of benzene rings is 1. The summed E-state index contributed by atoms with van der Waals surface area (Å²) in [6, 6.07) is 4.65. The molecule has 4 unspecified atom stereocenters. The van der Waals surface area contributed by atoms with E-state index in [0.717, 1.165) is 5.56 Å². The van der Waals surface area contributed by atoms with Gasteiger partial charge in [-0.3, -0.25) is 14.4 Å². The summed E-state index contributed by atoms with van der Waals surface area (Å²) in [5.41, 5.74) is 12.3. The summed E-state index contributed by atoms with van der Waals surface area (Å²) in [6.07, 6.45) is 1.78. The third kappa shape index (κ3) is 11.3. The molecule has 0 bridgehead atoms. The SMILES string of the molecule is CC(C)CC(NC(=O)C(CCCCN)NC(=O)C(CO)NC(=O)C(N)Cc1ccccc1)C(=O)O. The predicted molar refractivity (Wildman–Crippen MR) is 131 cm³/mol. The predicted octanol–water partition coefficient (Wildman–Crippen LogP) is -0.737. The molecule has 0 aromatic heterocycles. The molecule has 3 amide bonds. The van der Waals surface area contributed by atoms with Gasteiger partial charge in [-0.2, -0.15) is 0 Å². The molecular weight excluding hydrogens is 454 g/mol. The van der Waals surface area contributed by atoms with Crippen molar-refractivity contribution >= 4 is 23.7 Å². The van der Waals surface area contributed by atoms with Crippen molar-refractivity contribution in [2.75, 3.05) is 13.2 Å². The summed E-state index contributed by atoms with van der Waals surface area (Å²) in [7, 11) is 0. The van der Waals surface area contributed by atoms with Gasteiger partial charge in [0.15, 0.2) is 0 Å². The quantitative estimate of drug-likeness (QED) is 0.146. The fourth-order valence-electron chi connectivity index (χ4n) is 3.43. The second-order valence-electron chi connectivity index (χ2n) is 8.91. The number of unbranched alkanes of at least 4 members (excludes halogenated alkanes) is 1. The van der Waals surface area contributed by atoms with E-state index in [-0.39, 0.29) is 25.2 Å². The van der Waals surface area contributed by atoms with E-state index in [9.17, 15) is 29.4 Å². The minimum absolute atomic E-state index is 0.0238.